The second-order valence-corrected chi connectivity index (χ2v) is 6.59. The van der Waals surface area contributed by atoms with E-state index in [1.165, 1.54) is 4.88 Å². The molecule has 2 rings (SSSR count). The van der Waals surface area contributed by atoms with E-state index in [4.69, 9.17) is 5.11 Å². The van der Waals surface area contributed by atoms with E-state index in [0.717, 1.165) is 37.1 Å². The van der Waals surface area contributed by atoms with Crippen molar-refractivity contribution in [2.24, 2.45) is 0 Å². The number of hydrogen-bond donors (Lipinski definition) is 1. The Morgan fingerprint density at radius 3 is 2.68 bits per heavy atom. The highest BCUT2D eigenvalue weighted by Crippen LogP contribution is 2.21. The molecule has 1 aliphatic rings. The van der Waals surface area contributed by atoms with Gasteiger partial charge in [0, 0.05) is 53.9 Å². The average molecular weight is 347 g/mol. The van der Waals surface area contributed by atoms with Gasteiger partial charge in [0.2, 0.25) is 5.91 Å². The van der Waals surface area contributed by atoms with E-state index in [0.29, 0.717) is 13.0 Å². The van der Waals surface area contributed by atoms with Crippen LogP contribution in [-0.4, -0.2) is 60.1 Å². The first-order valence-corrected chi connectivity index (χ1v) is 8.20. The fraction of sp³-hybridized carbons (Fsp3) is 0.615. The molecule has 1 saturated heterocycles. The van der Waals surface area contributed by atoms with Gasteiger partial charge in [-0.2, -0.15) is 0 Å². The topological polar surface area (TPSA) is 43.8 Å². The van der Waals surface area contributed by atoms with Gasteiger partial charge in [0.1, 0.15) is 0 Å². The number of rotatable bonds is 5. The van der Waals surface area contributed by atoms with E-state index >= 15 is 0 Å². The number of carbonyl (C=O) groups excluding carboxylic acids is 1. The van der Waals surface area contributed by atoms with Crippen LogP contribution >= 0.6 is 27.3 Å². The van der Waals surface area contributed by atoms with Gasteiger partial charge in [-0.05, 0) is 28.4 Å². The van der Waals surface area contributed by atoms with Crippen LogP contribution in [0.5, 0.6) is 0 Å². The zero-order valence-corrected chi connectivity index (χ0v) is 13.3. The molecular weight excluding hydrogens is 328 g/mol. The first-order valence-electron chi connectivity index (χ1n) is 6.53. The highest BCUT2D eigenvalue weighted by atomic mass is 79.9. The van der Waals surface area contributed by atoms with Gasteiger partial charge in [-0.15, -0.1) is 11.3 Å². The van der Waals surface area contributed by atoms with Crippen LogP contribution < -0.4 is 0 Å². The molecule has 1 amide bonds. The fourth-order valence-corrected chi connectivity index (χ4v) is 3.69. The van der Waals surface area contributed by atoms with Crippen molar-refractivity contribution in [2.75, 3.05) is 39.3 Å². The molecule has 0 atom stereocenters. The van der Waals surface area contributed by atoms with Gasteiger partial charge in [-0.3, -0.25) is 9.69 Å². The van der Waals surface area contributed by atoms with Crippen molar-refractivity contribution in [3.05, 3.63) is 20.8 Å². The van der Waals surface area contributed by atoms with E-state index in [1.54, 1.807) is 11.3 Å². The van der Waals surface area contributed by atoms with Crippen LogP contribution in [0.1, 0.15) is 11.3 Å². The van der Waals surface area contributed by atoms with E-state index in [-0.39, 0.29) is 12.5 Å². The van der Waals surface area contributed by atoms with E-state index < -0.39 is 0 Å². The second kappa shape index (κ2) is 7.38. The largest absolute Gasteiger partial charge is 0.395 e. The van der Waals surface area contributed by atoms with Crippen LogP contribution in [0.2, 0.25) is 0 Å². The number of hydrogen-bond acceptors (Lipinski definition) is 4. The van der Waals surface area contributed by atoms with Crippen molar-refractivity contribution in [3.63, 3.8) is 0 Å². The van der Waals surface area contributed by atoms with Crippen LogP contribution in [0.15, 0.2) is 15.9 Å². The number of aliphatic hydroxyl groups excluding tert-OH is 1. The van der Waals surface area contributed by atoms with Crippen LogP contribution in [0.3, 0.4) is 0 Å². The number of halogens is 1. The summed E-state index contributed by atoms with van der Waals surface area (Å²) in [5.74, 6) is 0.244. The third-order valence-corrected chi connectivity index (χ3v) is 5.11. The van der Waals surface area contributed by atoms with Crippen molar-refractivity contribution >= 4 is 33.2 Å². The maximum atomic E-state index is 12.1. The molecule has 6 heteroatoms. The number of aryl methyl sites for hydroxylation is 1. The molecule has 0 radical (unpaired) electrons. The van der Waals surface area contributed by atoms with Gasteiger partial charge in [0.15, 0.2) is 0 Å². The predicted molar refractivity (Wildman–Crippen MR) is 80.4 cm³/mol. The Balaban J connectivity index is 1.72. The van der Waals surface area contributed by atoms with Crippen LogP contribution in [0.4, 0.5) is 0 Å². The minimum Gasteiger partial charge on any atom is -0.395 e. The Kier molecular flexibility index (Phi) is 5.81. The monoisotopic (exact) mass is 346 g/mol. The van der Waals surface area contributed by atoms with Gasteiger partial charge < -0.3 is 10.0 Å². The predicted octanol–water partition coefficient (Wildman–Crippen LogP) is 1.58. The van der Waals surface area contributed by atoms with Crippen LogP contribution in [-0.2, 0) is 11.2 Å². The molecule has 0 aliphatic carbocycles. The standard InChI is InChI=1S/C13H19BrN2O2S/c14-11-9-12(19-10-11)1-2-13(18)16-5-3-15(4-6-16)7-8-17/h9-10,17H,1-8H2. The first kappa shape index (κ1) is 15.0. The summed E-state index contributed by atoms with van der Waals surface area (Å²) in [6.07, 6.45) is 1.42. The van der Waals surface area contributed by atoms with E-state index in [9.17, 15) is 4.79 Å². The summed E-state index contributed by atoms with van der Waals surface area (Å²) in [7, 11) is 0. The summed E-state index contributed by atoms with van der Waals surface area (Å²) < 4.78 is 1.09. The molecule has 0 bridgehead atoms. The third-order valence-electron chi connectivity index (χ3n) is 3.35. The van der Waals surface area contributed by atoms with Crippen molar-refractivity contribution < 1.29 is 9.90 Å². The molecule has 0 unspecified atom stereocenters. The zero-order valence-electron chi connectivity index (χ0n) is 10.8. The maximum Gasteiger partial charge on any atom is 0.223 e. The quantitative estimate of drug-likeness (QED) is 0.880. The Hall–Kier alpha value is -0.430. The van der Waals surface area contributed by atoms with Crippen LogP contribution in [0.25, 0.3) is 0 Å². The van der Waals surface area contributed by atoms with Crippen LogP contribution in [0, 0.1) is 0 Å². The van der Waals surface area contributed by atoms with Gasteiger partial charge in [0.05, 0.1) is 6.61 Å². The number of thiophene rings is 1. The molecular formula is C13H19BrN2O2S. The summed E-state index contributed by atoms with van der Waals surface area (Å²) >= 11 is 5.12. The van der Waals surface area contributed by atoms with Gasteiger partial charge in [0.25, 0.3) is 0 Å². The fourth-order valence-electron chi connectivity index (χ4n) is 2.24. The minimum atomic E-state index is 0.196. The SMILES string of the molecule is O=C(CCc1cc(Br)cs1)N1CCN(CCO)CC1. The lowest BCUT2D eigenvalue weighted by atomic mass is 10.2. The summed E-state index contributed by atoms with van der Waals surface area (Å²) in [6.45, 7) is 4.22. The van der Waals surface area contributed by atoms with Crippen molar-refractivity contribution in [1.29, 1.82) is 0 Å². The molecule has 1 N–H and O–H groups in total. The molecule has 1 aromatic heterocycles. The minimum absolute atomic E-state index is 0.196. The van der Waals surface area contributed by atoms with E-state index in [1.807, 2.05) is 10.3 Å². The Morgan fingerprint density at radius 1 is 1.37 bits per heavy atom. The lowest BCUT2D eigenvalue weighted by molar-refractivity contribution is -0.132. The van der Waals surface area contributed by atoms with Crippen molar-refractivity contribution in [3.8, 4) is 0 Å². The Morgan fingerprint density at radius 2 is 2.11 bits per heavy atom. The molecule has 0 saturated carbocycles. The molecule has 2 heterocycles. The van der Waals surface area contributed by atoms with Crippen molar-refractivity contribution in [2.45, 2.75) is 12.8 Å². The Bertz CT molecular complexity index is 417. The molecule has 0 aromatic carbocycles. The number of piperazine rings is 1. The highest BCUT2D eigenvalue weighted by molar-refractivity contribution is 9.10. The summed E-state index contributed by atoms with van der Waals surface area (Å²) in [6, 6.07) is 2.08. The number of carbonyl (C=O) groups is 1. The molecule has 1 aromatic rings. The van der Waals surface area contributed by atoms with Crippen molar-refractivity contribution in [1.82, 2.24) is 9.80 Å². The third kappa shape index (κ3) is 4.56. The average Bonchev–Trinajstić information content (AvgIpc) is 2.83. The first-order chi connectivity index (χ1) is 9.19. The number of amides is 1. The lowest BCUT2D eigenvalue weighted by Gasteiger charge is -2.34. The highest BCUT2D eigenvalue weighted by Gasteiger charge is 2.20. The number of β-amino-alcohol motifs (C(OH)–C–C–N with tert-alkyl or cyclic N) is 1. The zero-order chi connectivity index (χ0) is 13.7. The summed E-state index contributed by atoms with van der Waals surface area (Å²) in [5.41, 5.74) is 0. The lowest BCUT2D eigenvalue weighted by Crippen LogP contribution is -2.49. The molecule has 1 fully saturated rings. The summed E-state index contributed by atoms with van der Waals surface area (Å²) in [5, 5.41) is 10.9. The molecule has 1 aliphatic heterocycles. The number of nitrogens with zero attached hydrogens (tertiary/aromatic N) is 2. The van der Waals surface area contributed by atoms with Gasteiger partial charge in [-0.1, -0.05) is 0 Å². The van der Waals surface area contributed by atoms with Gasteiger partial charge in [-0.25, -0.2) is 0 Å². The van der Waals surface area contributed by atoms with Gasteiger partial charge >= 0.3 is 0 Å². The molecule has 106 valence electrons. The second-order valence-electron chi connectivity index (χ2n) is 4.68. The number of aliphatic hydroxyl groups is 1. The maximum absolute atomic E-state index is 12.1. The molecule has 4 nitrogen and oxygen atoms in total. The summed E-state index contributed by atoms with van der Waals surface area (Å²) in [4.78, 5) is 17.5. The van der Waals surface area contributed by atoms with E-state index in [2.05, 4.69) is 26.9 Å². The molecule has 19 heavy (non-hydrogen) atoms. The Labute approximate surface area is 126 Å². The normalized spacial score (nSPS) is 16.8. The smallest absolute Gasteiger partial charge is 0.223 e. The molecule has 0 spiro atoms.